The number of thiophene rings is 1. The molecule has 0 bridgehead atoms. The molecule has 1 aromatic carbocycles. The molecule has 1 aromatic heterocycles. The van der Waals surface area contributed by atoms with Crippen LogP contribution in [0.5, 0.6) is 0 Å². The van der Waals surface area contributed by atoms with Crippen LogP contribution in [-0.4, -0.2) is 41.9 Å². The maximum absolute atomic E-state index is 12.4. The first kappa shape index (κ1) is 14.9. The number of thioether (sulfide) groups is 1. The molecule has 0 spiro atoms. The zero-order chi connectivity index (χ0) is 14.7. The average Bonchev–Trinajstić information content (AvgIpc) is 2.91. The molecule has 2 aromatic rings. The SMILES string of the molecule is CN(Cc1csc2ccccc12)C(=O)CC1CSCCN1. The number of carbonyl (C=O) groups is 1. The molecule has 1 saturated heterocycles. The Bertz CT molecular complexity index is 620. The first-order chi connectivity index (χ1) is 10.2. The van der Waals surface area contributed by atoms with Gasteiger partial charge in [-0.1, -0.05) is 18.2 Å². The molecule has 0 aliphatic carbocycles. The second kappa shape index (κ2) is 6.81. The van der Waals surface area contributed by atoms with Crippen LogP contribution in [0, 0.1) is 0 Å². The van der Waals surface area contributed by atoms with E-state index in [4.69, 9.17) is 0 Å². The van der Waals surface area contributed by atoms with E-state index >= 15 is 0 Å². The molecule has 1 aliphatic heterocycles. The lowest BCUT2D eigenvalue weighted by Gasteiger charge is -2.25. The molecule has 0 radical (unpaired) electrons. The third-order valence-electron chi connectivity index (χ3n) is 3.81. The standard InChI is InChI=1S/C16H20N2OS2/c1-18(16(19)8-13-11-20-7-6-17-13)9-12-10-21-15-5-3-2-4-14(12)15/h2-5,10,13,17H,6-9,11H2,1H3. The number of amides is 1. The van der Waals surface area contributed by atoms with E-state index in [1.165, 1.54) is 15.6 Å². The van der Waals surface area contributed by atoms with Crippen molar-refractivity contribution in [3.05, 3.63) is 35.2 Å². The summed E-state index contributed by atoms with van der Waals surface area (Å²) in [6.45, 7) is 1.71. The van der Waals surface area contributed by atoms with E-state index in [-0.39, 0.29) is 5.91 Å². The van der Waals surface area contributed by atoms with Gasteiger partial charge in [0, 0.05) is 48.8 Å². The molecule has 3 nitrogen and oxygen atoms in total. The van der Waals surface area contributed by atoms with Crippen molar-refractivity contribution in [3.8, 4) is 0 Å². The number of carbonyl (C=O) groups excluding carboxylic acids is 1. The fourth-order valence-corrected chi connectivity index (χ4v) is 4.52. The summed E-state index contributed by atoms with van der Waals surface area (Å²) in [7, 11) is 1.91. The van der Waals surface area contributed by atoms with Crippen molar-refractivity contribution >= 4 is 39.1 Å². The molecule has 5 heteroatoms. The van der Waals surface area contributed by atoms with E-state index in [1.54, 1.807) is 11.3 Å². The number of hydrogen-bond acceptors (Lipinski definition) is 4. The Kier molecular flexibility index (Phi) is 4.83. The van der Waals surface area contributed by atoms with Gasteiger partial charge in [-0.3, -0.25) is 4.79 Å². The number of nitrogens with zero attached hydrogens (tertiary/aromatic N) is 1. The summed E-state index contributed by atoms with van der Waals surface area (Å²) < 4.78 is 1.29. The second-order valence-electron chi connectivity index (χ2n) is 5.44. The van der Waals surface area contributed by atoms with Gasteiger partial charge < -0.3 is 10.2 Å². The van der Waals surface area contributed by atoms with Gasteiger partial charge in [0.1, 0.15) is 0 Å². The van der Waals surface area contributed by atoms with Crippen LogP contribution in [0.4, 0.5) is 0 Å². The maximum Gasteiger partial charge on any atom is 0.224 e. The van der Waals surface area contributed by atoms with Crippen molar-refractivity contribution in [2.75, 3.05) is 25.1 Å². The van der Waals surface area contributed by atoms with Crippen molar-refractivity contribution in [3.63, 3.8) is 0 Å². The van der Waals surface area contributed by atoms with Crippen LogP contribution < -0.4 is 5.32 Å². The Balaban J connectivity index is 1.62. The first-order valence-electron chi connectivity index (χ1n) is 7.24. The molecule has 1 fully saturated rings. The predicted molar refractivity (Wildman–Crippen MR) is 92.0 cm³/mol. The maximum atomic E-state index is 12.4. The van der Waals surface area contributed by atoms with Crippen LogP contribution in [0.15, 0.2) is 29.6 Å². The third-order valence-corrected chi connectivity index (χ3v) is 5.96. The van der Waals surface area contributed by atoms with Gasteiger partial charge in [-0.25, -0.2) is 0 Å². The Morgan fingerprint density at radius 1 is 1.43 bits per heavy atom. The molecular weight excluding hydrogens is 300 g/mol. The Morgan fingerprint density at radius 3 is 3.10 bits per heavy atom. The average molecular weight is 320 g/mol. The normalized spacial score (nSPS) is 18.8. The van der Waals surface area contributed by atoms with Crippen molar-refractivity contribution in [2.24, 2.45) is 0 Å². The summed E-state index contributed by atoms with van der Waals surface area (Å²) in [5, 5.41) is 6.87. The summed E-state index contributed by atoms with van der Waals surface area (Å²) >= 11 is 3.68. The molecule has 112 valence electrons. The van der Waals surface area contributed by atoms with Crippen LogP contribution in [0.25, 0.3) is 10.1 Å². The number of fused-ring (bicyclic) bond motifs is 1. The van der Waals surface area contributed by atoms with Gasteiger partial charge >= 0.3 is 0 Å². The van der Waals surface area contributed by atoms with Crippen molar-refractivity contribution in [2.45, 2.75) is 19.0 Å². The lowest BCUT2D eigenvalue weighted by Crippen LogP contribution is -2.41. The number of rotatable bonds is 4. The Morgan fingerprint density at radius 2 is 2.29 bits per heavy atom. The van der Waals surface area contributed by atoms with Crippen LogP contribution >= 0.6 is 23.1 Å². The quantitative estimate of drug-likeness (QED) is 0.940. The third kappa shape index (κ3) is 3.59. The molecule has 1 aliphatic rings. The molecule has 3 rings (SSSR count). The van der Waals surface area contributed by atoms with Crippen molar-refractivity contribution in [1.29, 1.82) is 0 Å². The van der Waals surface area contributed by atoms with Gasteiger partial charge in [-0.2, -0.15) is 11.8 Å². The smallest absolute Gasteiger partial charge is 0.224 e. The minimum Gasteiger partial charge on any atom is -0.341 e. The van der Waals surface area contributed by atoms with Crippen molar-refractivity contribution < 1.29 is 4.79 Å². The monoisotopic (exact) mass is 320 g/mol. The zero-order valence-corrected chi connectivity index (χ0v) is 13.8. The highest BCUT2D eigenvalue weighted by Crippen LogP contribution is 2.26. The fraction of sp³-hybridized carbons (Fsp3) is 0.438. The fourth-order valence-electron chi connectivity index (χ4n) is 2.62. The van der Waals surface area contributed by atoms with E-state index in [1.807, 2.05) is 23.7 Å². The molecule has 0 saturated carbocycles. The van der Waals surface area contributed by atoms with Crippen LogP contribution in [0.2, 0.25) is 0 Å². The van der Waals surface area contributed by atoms with Crippen LogP contribution in [0.1, 0.15) is 12.0 Å². The summed E-state index contributed by atoms with van der Waals surface area (Å²) in [6.07, 6.45) is 0.603. The lowest BCUT2D eigenvalue weighted by atomic mass is 10.1. The van der Waals surface area contributed by atoms with Crippen molar-refractivity contribution in [1.82, 2.24) is 10.2 Å². The summed E-state index contributed by atoms with van der Waals surface area (Å²) in [6, 6.07) is 8.72. The van der Waals surface area contributed by atoms with Crippen LogP contribution in [-0.2, 0) is 11.3 Å². The largest absolute Gasteiger partial charge is 0.341 e. The minimum atomic E-state index is 0.227. The molecule has 1 amide bonds. The van der Waals surface area contributed by atoms with E-state index in [9.17, 15) is 4.79 Å². The van der Waals surface area contributed by atoms with Gasteiger partial charge in [-0.15, -0.1) is 11.3 Å². The van der Waals surface area contributed by atoms with E-state index in [0.717, 1.165) is 18.1 Å². The molecular formula is C16H20N2OS2. The Labute approximate surface area is 133 Å². The highest BCUT2D eigenvalue weighted by atomic mass is 32.2. The summed E-state index contributed by atoms with van der Waals surface area (Å²) in [5.74, 6) is 2.42. The first-order valence-corrected chi connectivity index (χ1v) is 9.27. The highest BCUT2D eigenvalue weighted by molar-refractivity contribution is 7.99. The summed E-state index contributed by atoms with van der Waals surface area (Å²) in [5.41, 5.74) is 1.25. The molecule has 2 heterocycles. The second-order valence-corrected chi connectivity index (χ2v) is 7.50. The lowest BCUT2D eigenvalue weighted by molar-refractivity contribution is -0.130. The van der Waals surface area contributed by atoms with E-state index in [0.29, 0.717) is 19.0 Å². The minimum absolute atomic E-state index is 0.227. The van der Waals surface area contributed by atoms with Gasteiger partial charge in [0.15, 0.2) is 0 Å². The van der Waals surface area contributed by atoms with E-state index in [2.05, 4.69) is 35.0 Å². The number of nitrogens with one attached hydrogen (secondary N) is 1. The van der Waals surface area contributed by atoms with E-state index < -0.39 is 0 Å². The molecule has 1 unspecified atom stereocenters. The molecule has 1 N–H and O–H groups in total. The van der Waals surface area contributed by atoms with Crippen LogP contribution in [0.3, 0.4) is 0 Å². The summed E-state index contributed by atoms with van der Waals surface area (Å²) in [4.78, 5) is 14.2. The van der Waals surface area contributed by atoms with Gasteiger partial charge in [0.05, 0.1) is 0 Å². The number of benzene rings is 1. The highest BCUT2D eigenvalue weighted by Gasteiger charge is 2.19. The number of hydrogen-bond donors (Lipinski definition) is 1. The van der Waals surface area contributed by atoms with Gasteiger partial charge in [0.2, 0.25) is 5.91 Å². The molecule has 1 atom stereocenters. The zero-order valence-electron chi connectivity index (χ0n) is 12.2. The molecule has 21 heavy (non-hydrogen) atoms. The van der Waals surface area contributed by atoms with Gasteiger partial charge in [0.25, 0.3) is 0 Å². The van der Waals surface area contributed by atoms with Gasteiger partial charge in [-0.05, 0) is 22.4 Å². The predicted octanol–water partition coefficient (Wildman–Crippen LogP) is 2.95. The Hall–Kier alpha value is -1.04. The topological polar surface area (TPSA) is 32.3 Å².